The van der Waals surface area contributed by atoms with Crippen LogP contribution >= 0.6 is 0 Å². The summed E-state index contributed by atoms with van der Waals surface area (Å²) in [5, 5.41) is 5.67. The molecular weight excluding hydrogens is 392 g/mol. The standard InChI is InChI=1S/C24H24N4O3/c29-24(16-7-8-16)27-12-3-5-18(27)11-13-30-23-10-9-22-25-15-19(28(22)26-23)21-14-17-4-1-2-6-20(17)31-21/h1-2,4,6,9-10,14-16,18H,3,5,7-8,11-13H2. The Morgan fingerprint density at radius 2 is 2.06 bits per heavy atom. The Kier molecular flexibility index (Phi) is 4.40. The zero-order valence-corrected chi connectivity index (χ0v) is 17.2. The van der Waals surface area contributed by atoms with Gasteiger partial charge in [-0.05, 0) is 43.9 Å². The maximum absolute atomic E-state index is 12.5. The number of amides is 1. The quantitative estimate of drug-likeness (QED) is 0.468. The lowest BCUT2D eigenvalue weighted by molar-refractivity contribution is -0.133. The Labute approximate surface area is 179 Å². The van der Waals surface area contributed by atoms with E-state index < -0.39 is 0 Å². The van der Waals surface area contributed by atoms with E-state index in [0.717, 1.165) is 66.7 Å². The molecule has 1 aliphatic carbocycles. The molecule has 158 valence electrons. The van der Waals surface area contributed by atoms with E-state index in [0.29, 0.717) is 18.4 Å². The lowest BCUT2D eigenvalue weighted by Crippen LogP contribution is -2.37. The fourth-order valence-electron chi connectivity index (χ4n) is 4.50. The van der Waals surface area contributed by atoms with E-state index in [9.17, 15) is 4.79 Å². The maximum Gasteiger partial charge on any atom is 0.231 e. The summed E-state index contributed by atoms with van der Waals surface area (Å²) in [5.41, 5.74) is 2.36. The first-order valence-corrected chi connectivity index (χ1v) is 11.0. The first-order valence-electron chi connectivity index (χ1n) is 11.0. The normalized spacial score (nSPS) is 18.8. The van der Waals surface area contributed by atoms with E-state index >= 15 is 0 Å². The molecule has 1 amide bonds. The molecule has 0 spiro atoms. The van der Waals surface area contributed by atoms with Crippen LogP contribution in [0.4, 0.5) is 0 Å². The molecule has 0 N–H and O–H groups in total. The fourth-order valence-corrected chi connectivity index (χ4v) is 4.50. The third-order valence-corrected chi connectivity index (χ3v) is 6.30. The number of benzene rings is 1. The van der Waals surface area contributed by atoms with Gasteiger partial charge in [-0.2, -0.15) is 0 Å². The highest BCUT2D eigenvalue weighted by molar-refractivity contribution is 5.82. The molecule has 1 aromatic carbocycles. The maximum atomic E-state index is 12.5. The number of carbonyl (C=O) groups excluding carboxylic acids is 1. The first kappa shape index (κ1) is 18.4. The van der Waals surface area contributed by atoms with E-state index in [-0.39, 0.29) is 12.0 Å². The SMILES string of the molecule is O=C(C1CC1)N1CCCC1CCOc1ccc2ncc(-c3cc4ccccc4o3)n2n1. The molecule has 0 radical (unpaired) electrons. The number of aromatic nitrogens is 3. The smallest absolute Gasteiger partial charge is 0.231 e. The van der Waals surface area contributed by atoms with Crippen LogP contribution in [0.2, 0.25) is 0 Å². The summed E-state index contributed by atoms with van der Waals surface area (Å²) in [4.78, 5) is 19.0. The van der Waals surface area contributed by atoms with Gasteiger partial charge in [0.05, 0.1) is 12.8 Å². The number of likely N-dealkylation sites (tertiary alicyclic amines) is 1. The van der Waals surface area contributed by atoms with Crippen molar-refractivity contribution in [2.45, 2.75) is 38.1 Å². The summed E-state index contributed by atoms with van der Waals surface area (Å²) in [6, 6.07) is 13.9. The van der Waals surface area contributed by atoms with E-state index in [1.807, 2.05) is 42.5 Å². The minimum Gasteiger partial charge on any atom is -0.477 e. The van der Waals surface area contributed by atoms with E-state index in [2.05, 4.69) is 15.0 Å². The number of hydrogen-bond donors (Lipinski definition) is 0. The van der Waals surface area contributed by atoms with E-state index in [4.69, 9.17) is 9.15 Å². The van der Waals surface area contributed by atoms with Crippen molar-refractivity contribution < 1.29 is 13.9 Å². The number of nitrogens with zero attached hydrogens (tertiary/aromatic N) is 4. The van der Waals surface area contributed by atoms with E-state index in [1.165, 1.54) is 0 Å². The molecule has 7 heteroatoms. The number of furan rings is 1. The molecule has 2 fully saturated rings. The lowest BCUT2D eigenvalue weighted by Gasteiger charge is -2.24. The zero-order chi connectivity index (χ0) is 20.8. The number of carbonyl (C=O) groups is 1. The molecule has 7 nitrogen and oxygen atoms in total. The van der Waals surface area contributed by atoms with Gasteiger partial charge in [0.25, 0.3) is 0 Å². The Balaban J connectivity index is 1.18. The van der Waals surface area contributed by atoms with Crippen molar-refractivity contribution in [2.24, 2.45) is 5.92 Å². The Morgan fingerprint density at radius 1 is 1.16 bits per heavy atom. The second kappa shape index (κ2) is 7.41. The van der Waals surface area contributed by atoms with Crippen LogP contribution in [0.3, 0.4) is 0 Å². The van der Waals surface area contributed by atoms with Crippen molar-refractivity contribution in [3.63, 3.8) is 0 Å². The Hall–Kier alpha value is -3.35. The van der Waals surface area contributed by atoms with Crippen molar-refractivity contribution in [3.8, 4) is 17.3 Å². The molecule has 1 atom stereocenters. The molecular formula is C24H24N4O3. The van der Waals surface area contributed by atoms with Crippen LogP contribution in [0.25, 0.3) is 28.1 Å². The van der Waals surface area contributed by atoms with Gasteiger partial charge in [-0.15, -0.1) is 5.10 Å². The number of rotatable bonds is 6. The van der Waals surface area contributed by atoms with Gasteiger partial charge in [0.2, 0.25) is 11.8 Å². The van der Waals surface area contributed by atoms with Gasteiger partial charge in [-0.3, -0.25) is 4.79 Å². The molecule has 4 heterocycles. The zero-order valence-electron chi connectivity index (χ0n) is 17.2. The third kappa shape index (κ3) is 3.44. The molecule has 4 aromatic rings. The number of ether oxygens (including phenoxy) is 1. The van der Waals surface area contributed by atoms with Crippen LogP contribution in [0, 0.1) is 5.92 Å². The number of hydrogen-bond acceptors (Lipinski definition) is 5. The van der Waals surface area contributed by atoms with Gasteiger partial charge < -0.3 is 14.1 Å². The summed E-state index contributed by atoms with van der Waals surface area (Å²) in [6.07, 6.45) is 6.86. The largest absolute Gasteiger partial charge is 0.477 e. The van der Waals surface area contributed by atoms with Gasteiger partial charge >= 0.3 is 0 Å². The second-order valence-corrected chi connectivity index (χ2v) is 8.47. The average molecular weight is 416 g/mol. The van der Waals surface area contributed by atoms with Crippen LogP contribution in [0.5, 0.6) is 5.88 Å². The molecule has 1 saturated carbocycles. The number of fused-ring (bicyclic) bond motifs is 2. The molecule has 3 aromatic heterocycles. The van der Waals surface area contributed by atoms with Gasteiger partial charge in [-0.25, -0.2) is 9.50 Å². The van der Waals surface area contributed by atoms with Crippen molar-refractivity contribution in [1.29, 1.82) is 0 Å². The van der Waals surface area contributed by atoms with Crippen LogP contribution < -0.4 is 4.74 Å². The van der Waals surface area contributed by atoms with Gasteiger partial charge in [0.15, 0.2) is 11.4 Å². The molecule has 1 aliphatic heterocycles. The van der Waals surface area contributed by atoms with Crippen molar-refractivity contribution in [1.82, 2.24) is 19.5 Å². The molecule has 6 rings (SSSR count). The van der Waals surface area contributed by atoms with Gasteiger partial charge in [-0.1, -0.05) is 18.2 Å². The van der Waals surface area contributed by atoms with Crippen LogP contribution in [0.15, 0.2) is 53.1 Å². The third-order valence-electron chi connectivity index (χ3n) is 6.30. The van der Waals surface area contributed by atoms with Gasteiger partial charge in [0, 0.05) is 36.4 Å². The minimum atomic E-state index is 0.281. The topological polar surface area (TPSA) is 72.9 Å². The fraction of sp³-hybridized carbons (Fsp3) is 0.375. The molecule has 0 bridgehead atoms. The summed E-state index contributed by atoms with van der Waals surface area (Å²) in [6.45, 7) is 1.42. The van der Waals surface area contributed by atoms with Crippen LogP contribution in [-0.4, -0.2) is 44.6 Å². The Morgan fingerprint density at radius 3 is 2.94 bits per heavy atom. The second-order valence-electron chi connectivity index (χ2n) is 8.47. The Bertz CT molecular complexity index is 1220. The van der Waals surface area contributed by atoms with Crippen molar-refractivity contribution >= 4 is 22.5 Å². The molecule has 1 saturated heterocycles. The summed E-state index contributed by atoms with van der Waals surface area (Å²) < 4.78 is 13.7. The van der Waals surface area contributed by atoms with Crippen molar-refractivity contribution in [2.75, 3.05) is 13.2 Å². The van der Waals surface area contributed by atoms with Gasteiger partial charge in [0.1, 0.15) is 11.3 Å². The monoisotopic (exact) mass is 416 g/mol. The predicted molar refractivity (Wildman–Crippen MR) is 116 cm³/mol. The first-order chi connectivity index (χ1) is 15.3. The molecule has 31 heavy (non-hydrogen) atoms. The van der Waals surface area contributed by atoms with Crippen LogP contribution in [0.1, 0.15) is 32.1 Å². The summed E-state index contributed by atoms with van der Waals surface area (Å²) in [7, 11) is 0. The lowest BCUT2D eigenvalue weighted by atomic mass is 10.1. The summed E-state index contributed by atoms with van der Waals surface area (Å²) >= 11 is 0. The summed E-state index contributed by atoms with van der Waals surface area (Å²) in [5.74, 6) is 1.89. The average Bonchev–Trinajstić information content (AvgIpc) is 3.20. The molecule has 2 aliphatic rings. The van der Waals surface area contributed by atoms with E-state index in [1.54, 1.807) is 10.7 Å². The molecule has 1 unspecified atom stereocenters. The number of para-hydroxylation sites is 1. The predicted octanol–water partition coefficient (Wildman–Crippen LogP) is 4.31. The highest BCUT2D eigenvalue weighted by Crippen LogP contribution is 2.34. The minimum absolute atomic E-state index is 0.281. The van der Waals surface area contributed by atoms with Crippen LogP contribution in [-0.2, 0) is 4.79 Å². The highest BCUT2D eigenvalue weighted by atomic mass is 16.5. The highest BCUT2D eigenvalue weighted by Gasteiger charge is 2.38. The number of imidazole rings is 1. The van der Waals surface area contributed by atoms with Crippen molar-refractivity contribution in [3.05, 3.63) is 48.7 Å².